The number of ether oxygens (including phenoxy) is 1. The zero-order chi connectivity index (χ0) is 18.8. The van der Waals surface area contributed by atoms with Gasteiger partial charge in [-0.3, -0.25) is 14.6 Å². The predicted octanol–water partition coefficient (Wildman–Crippen LogP) is 4.53. The van der Waals surface area contributed by atoms with Crippen molar-refractivity contribution < 1.29 is 19.4 Å². The molecule has 0 spiro atoms. The number of nitrogens with zero attached hydrogens (tertiary/aromatic N) is 1. The Morgan fingerprint density at radius 1 is 1.36 bits per heavy atom. The molecule has 0 saturated carbocycles. The summed E-state index contributed by atoms with van der Waals surface area (Å²) in [5, 5.41) is 10.7. The summed E-state index contributed by atoms with van der Waals surface area (Å²) in [5.74, 6) is -1.88. The lowest BCUT2D eigenvalue weighted by atomic mass is 9.67. The molecule has 0 aromatic heterocycles. The van der Waals surface area contributed by atoms with Crippen molar-refractivity contribution in [2.45, 2.75) is 33.6 Å². The maximum absolute atomic E-state index is 12.7. The Bertz CT molecular complexity index is 747. The Kier molecular flexibility index (Phi) is 5.83. The largest absolute Gasteiger partial charge is 0.511 e. The third-order valence-corrected chi connectivity index (χ3v) is 4.89. The molecule has 1 aliphatic carbocycles. The first-order chi connectivity index (χ1) is 11.7. The van der Waals surface area contributed by atoms with Crippen LogP contribution in [0.3, 0.4) is 0 Å². The third-order valence-electron chi connectivity index (χ3n) is 4.36. The molecule has 6 heteroatoms. The van der Waals surface area contributed by atoms with Crippen LogP contribution in [0.5, 0.6) is 0 Å². The average molecular weight is 408 g/mol. The Morgan fingerprint density at radius 2 is 1.96 bits per heavy atom. The van der Waals surface area contributed by atoms with Crippen molar-refractivity contribution in [3.63, 3.8) is 0 Å². The van der Waals surface area contributed by atoms with Gasteiger partial charge >= 0.3 is 5.97 Å². The summed E-state index contributed by atoms with van der Waals surface area (Å²) < 4.78 is 5.76. The summed E-state index contributed by atoms with van der Waals surface area (Å²) in [4.78, 5) is 29.4. The van der Waals surface area contributed by atoms with Gasteiger partial charge in [0, 0.05) is 10.9 Å². The topological polar surface area (TPSA) is 76.0 Å². The molecule has 25 heavy (non-hydrogen) atoms. The first-order valence-corrected chi connectivity index (χ1v) is 8.88. The molecule has 0 radical (unpaired) electrons. The van der Waals surface area contributed by atoms with E-state index in [1.807, 2.05) is 31.2 Å². The molecule has 1 aliphatic rings. The van der Waals surface area contributed by atoms with Crippen molar-refractivity contribution in [2.24, 2.45) is 16.3 Å². The van der Waals surface area contributed by atoms with E-state index in [1.165, 1.54) is 7.11 Å². The van der Waals surface area contributed by atoms with Crippen LogP contribution in [0.25, 0.3) is 0 Å². The highest BCUT2D eigenvalue weighted by Crippen LogP contribution is 2.42. The van der Waals surface area contributed by atoms with Crippen LogP contribution in [-0.4, -0.2) is 29.7 Å². The number of carbonyl (C=O) groups is 2. The number of rotatable bonds is 4. The first-order valence-electron chi connectivity index (χ1n) is 8.09. The maximum atomic E-state index is 12.7. The van der Waals surface area contributed by atoms with Crippen LogP contribution in [-0.2, 0) is 14.3 Å². The first kappa shape index (κ1) is 19.4. The second kappa shape index (κ2) is 7.52. The number of esters is 1. The molecule has 2 rings (SSSR count). The van der Waals surface area contributed by atoms with E-state index in [2.05, 4.69) is 20.9 Å². The summed E-state index contributed by atoms with van der Waals surface area (Å²) in [5.41, 5.74) is 0.566. The number of carbonyl (C=O) groups excluding carboxylic acids is 2. The number of benzene rings is 1. The van der Waals surface area contributed by atoms with Gasteiger partial charge in [-0.05, 0) is 36.1 Å². The number of ketones is 1. The molecule has 0 bridgehead atoms. The molecular weight excluding hydrogens is 386 g/mol. The Labute approximate surface area is 155 Å². The van der Waals surface area contributed by atoms with Gasteiger partial charge in [-0.2, -0.15) is 0 Å². The Hall–Kier alpha value is -1.95. The highest BCUT2D eigenvalue weighted by Gasteiger charge is 2.47. The van der Waals surface area contributed by atoms with E-state index >= 15 is 0 Å². The number of aliphatic hydroxyl groups excluding tert-OH is 1. The Balaban J connectivity index is 2.57. The van der Waals surface area contributed by atoms with Crippen molar-refractivity contribution in [3.05, 3.63) is 40.1 Å². The molecule has 134 valence electrons. The highest BCUT2D eigenvalue weighted by molar-refractivity contribution is 9.10. The van der Waals surface area contributed by atoms with E-state index in [0.29, 0.717) is 17.8 Å². The number of hydrogen-bond donors (Lipinski definition) is 1. The average Bonchev–Trinajstić information content (AvgIpc) is 2.54. The minimum absolute atomic E-state index is 0.139. The number of aliphatic imine (C=N–C) groups is 1. The van der Waals surface area contributed by atoms with Gasteiger partial charge in [0.1, 0.15) is 11.7 Å². The molecule has 5 nitrogen and oxygen atoms in total. The van der Waals surface area contributed by atoms with E-state index in [-0.39, 0.29) is 23.5 Å². The summed E-state index contributed by atoms with van der Waals surface area (Å²) >= 11 is 3.37. The van der Waals surface area contributed by atoms with Crippen molar-refractivity contribution in [1.82, 2.24) is 0 Å². The van der Waals surface area contributed by atoms with Crippen molar-refractivity contribution >= 4 is 39.1 Å². The van der Waals surface area contributed by atoms with Gasteiger partial charge in [0.05, 0.1) is 24.1 Å². The van der Waals surface area contributed by atoms with E-state index in [1.54, 1.807) is 13.8 Å². The fraction of sp³-hybridized carbons (Fsp3) is 0.421. The summed E-state index contributed by atoms with van der Waals surface area (Å²) in [6, 6.07) is 7.32. The third kappa shape index (κ3) is 4.00. The zero-order valence-corrected chi connectivity index (χ0v) is 16.4. The van der Waals surface area contributed by atoms with Crippen molar-refractivity contribution in [1.29, 1.82) is 0 Å². The summed E-state index contributed by atoms with van der Waals surface area (Å²) in [7, 11) is 1.28. The lowest BCUT2D eigenvalue weighted by Gasteiger charge is -2.36. The van der Waals surface area contributed by atoms with Gasteiger partial charge in [-0.15, -0.1) is 0 Å². The lowest BCUT2D eigenvalue weighted by molar-refractivity contribution is -0.150. The fourth-order valence-corrected chi connectivity index (χ4v) is 3.37. The van der Waals surface area contributed by atoms with Gasteiger partial charge in [-0.1, -0.05) is 36.7 Å². The molecule has 0 heterocycles. The molecule has 1 N–H and O–H groups in total. The van der Waals surface area contributed by atoms with Crippen LogP contribution >= 0.6 is 15.9 Å². The number of allylic oxidation sites excluding steroid dienone is 1. The lowest BCUT2D eigenvalue weighted by Crippen LogP contribution is -2.41. The van der Waals surface area contributed by atoms with E-state index < -0.39 is 17.3 Å². The molecule has 1 aromatic rings. The molecular formula is C19H22BrNO4. The van der Waals surface area contributed by atoms with Crippen molar-refractivity contribution in [3.8, 4) is 0 Å². The normalized spacial score (nSPS) is 20.6. The number of methoxy groups -OCH3 is 1. The quantitative estimate of drug-likeness (QED) is 0.587. The molecule has 0 unspecified atom stereocenters. The van der Waals surface area contributed by atoms with Gasteiger partial charge in [-0.25, -0.2) is 0 Å². The Morgan fingerprint density at radius 3 is 2.48 bits per heavy atom. The van der Waals surface area contributed by atoms with Gasteiger partial charge in [0.25, 0.3) is 0 Å². The minimum Gasteiger partial charge on any atom is -0.511 e. The van der Waals surface area contributed by atoms with Crippen LogP contribution in [0.4, 0.5) is 5.69 Å². The molecule has 1 aromatic carbocycles. The molecule has 0 amide bonds. The van der Waals surface area contributed by atoms with E-state index in [4.69, 9.17) is 4.74 Å². The zero-order valence-electron chi connectivity index (χ0n) is 14.8. The van der Waals surface area contributed by atoms with Gasteiger partial charge < -0.3 is 9.84 Å². The van der Waals surface area contributed by atoms with Gasteiger partial charge in [0.15, 0.2) is 5.78 Å². The summed E-state index contributed by atoms with van der Waals surface area (Å²) in [6.07, 6.45) is 0.598. The SMILES string of the molecule is CCC(=Nc1ccc(Br)cc1)C1=C(O)[C@@H](C(=O)OC)C(C)(C)CC1=O. The van der Waals surface area contributed by atoms with E-state index in [0.717, 1.165) is 4.47 Å². The van der Waals surface area contributed by atoms with E-state index in [9.17, 15) is 14.7 Å². The predicted molar refractivity (Wildman–Crippen MR) is 100 cm³/mol. The minimum atomic E-state index is -0.883. The van der Waals surface area contributed by atoms with Gasteiger partial charge in [0.2, 0.25) is 0 Å². The van der Waals surface area contributed by atoms with Crippen LogP contribution in [0, 0.1) is 11.3 Å². The van der Waals surface area contributed by atoms with Crippen LogP contribution in [0.15, 0.2) is 45.1 Å². The number of Topliss-reactive ketones (excluding diaryl/α,β-unsaturated/α-hetero) is 1. The fourth-order valence-electron chi connectivity index (χ4n) is 3.10. The van der Waals surface area contributed by atoms with Crippen molar-refractivity contribution in [2.75, 3.05) is 7.11 Å². The van der Waals surface area contributed by atoms with Crippen LogP contribution in [0.2, 0.25) is 0 Å². The number of halogens is 1. The highest BCUT2D eigenvalue weighted by atomic mass is 79.9. The second-order valence-electron chi connectivity index (χ2n) is 6.69. The standard InChI is InChI=1S/C19H22BrNO4/c1-5-13(21-12-8-6-11(20)7-9-12)15-14(22)10-19(2,3)16(17(15)23)18(24)25-4/h6-9,16,23H,5,10H2,1-4H3/t16-/m0/s1. The van der Waals surface area contributed by atoms with Crippen LogP contribution in [0.1, 0.15) is 33.6 Å². The molecule has 0 fully saturated rings. The smallest absolute Gasteiger partial charge is 0.316 e. The molecule has 0 saturated heterocycles. The molecule has 1 atom stereocenters. The monoisotopic (exact) mass is 407 g/mol. The summed E-state index contributed by atoms with van der Waals surface area (Å²) in [6.45, 7) is 5.41. The number of hydrogen-bond acceptors (Lipinski definition) is 5. The number of aliphatic hydroxyl groups is 1. The van der Waals surface area contributed by atoms with Crippen LogP contribution < -0.4 is 0 Å². The maximum Gasteiger partial charge on any atom is 0.316 e. The molecule has 0 aliphatic heterocycles. The second-order valence-corrected chi connectivity index (χ2v) is 7.61.